The van der Waals surface area contributed by atoms with Crippen LogP contribution in [0.2, 0.25) is 5.02 Å². The number of nitrogens with zero attached hydrogens (tertiary/aromatic N) is 6. The first-order chi connectivity index (χ1) is 16.8. The number of benzene rings is 2. The third-order valence-corrected chi connectivity index (χ3v) is 4.91. The molecule has 2 heterocycles. The number of nitrogen functional groups attached to an aromatic ring is 1. The minimum Gasteiger partial charge on any atom is -0.507 e. The Morgan fingerprint density at radius 2 is 2.03 bits per heavy atom. The summed E-state index contributed by atoms with van der Waals surface area (Å²) in [5.41, 5.74) is 14.5. The average molecular weight is 497 g/mol. The second-order valence-electron chi connectivity index (χ2n) is 6.94. The summed E-state index contributed by atoms with van der Waals surface area (Å²) in [4.78, 5) is 24.6. The van der Waals surface area contributed by atoms with Gasteiger partial charge in [-0.2, -0.15) is 9.78 Å². The molecule has 2 aromatic heterocycles. The van der Waals surface area contributed by atoms with Crippen molar-refractivity contribution in [2.45, 2.75) is 6.54 Å². The number of nitrogens with one attached hydrogen (secondary N) is 2. The number of para-hydroxylation sites is 1. The number of hydrogen-bond acceptors (Lipinski definition) is 11. The Labute approximate surface area is 201 Å². The molecule has 0 radical (unpaired) electrons. The van der Waals surface area contributed by atoms with E-state index in [2.05, 4.69) is 41.1 Å². The minimum atomic E-state index is -0.732. The molecule has 4 aromatic rings. The van der Waals surface area contributed by atoms with Gasteiger partial charge in [0.2, 0.25) is 11.6 Å². The number of anilines is 2. The Balaban J connectivity index is 1.62. The van der Waals surface area contributed by atoms with Crippen LogP contribution in [-0.2, 0) is 6.54 Å². The van der Waals surface area contributed by atoms with E-state index in [0.717, 1.165) is 4.68 Å². The highest BCUT2D eigenvalue weighted by atomic mass is 35.5. The molecule has 0 aliphatic carbocycles. The molecule has 15 heteroatoms. The fourth-order valence-electron chi connectivity index (χ4n) is 3.02. The van der Waals surface area contributed by atoms with Crippen LogP contribution in [0.15, 0.2) is 52.2 Å². The van der Waals surface area contributed by atoms with Gasteiger partial charge in [-0.15, -0.1) is 5.10 Å². The molecule has 0 saturated heterocycles. The van der Waals surface area contributed by atoms with Crippen LogP contribution in [0, 0.1) is 0 Å². The van der Waals surface area contributed by atoms with Crippen molar-refractivity contribution in [2.24, 2.45) is 10.8 Å². The molecule has 0 unspecified atom stereocenters. The molecule has 7 N–H and O–H groups in total. The molecule has 0 spiro atoms. The van der Waals surface area contributed by atoms with Gasteiger partial charge in [0.15, 0.2) is 5.69 Å². The number of phenols is 1. The fourth-order valence-corrected chi connectivity index (χ4v) is 3.20. The van der Waals surface area contributed by atoms with Crippen LogP contribution in [0.5, 0.6) is 5.75 Å². The van der Waals surface area contributed by atoms with E-state index in [0.29, 0.717) is 10.7 Å². The van der Waals surface area contributed by atoms with Gasteiger partial charge in [-0.05, 0) is 40.6 Å². The standard InChI is InChI=1S/C20H17ClN10O4/c21-11-5-6-15(32)10(7-11)8-25-27-20(34)16-14(31(30-26-16)19-17(22)28-35-29-19)9-24-13-4-2-1-3-12(13)18(23)33/h1-8,24,32H,9H2,(H2,22,28)(H2,23,33)(H,27,34). The quantitative estimate of drug-likeness (QED) is 0.173. The minimum absolute atomic E-state index is 0.00360. The first kappa shape index (κ1) is 23.2. The number of carbonyl (C=O) groups is 2. The summed E-state index contributed by atoms with van der Waals surface area (Å²) in [5.74, 6) is -1.53. The zero-order valence-electron chi connectivity index (χ0n) is 17.7. The zero-order valence-corrected chi connectivity index (χ0v) is 18.5. The van der Waals surface area contributed by atoms with Gasteiger partial charge in [-0.25, -0.2) is 10.1 Å². The number of hydrogen-bond donors (Lipinski definition) is 5. The van der Waals surface area contributed by atoms with Crippen molar-refractivity contribution in [1.82, 2.24) is 30.7 Å². The number of aromatic nitrogens is 5. The number of hydrazone groups is 1. The molecule has 178 valence electrons. The van der Waals surface area contributed by atoms with Crippen molar-refractivity contribution >= 4 is 41.1 Å². The van der Waals surface area contributed by atoms with Gasteiger partial charge >= 0.3 is 0 Å². The van der Waals surface area contributed by atoms with E-state index in [-0.39, 0.29) is 46.4 Å². The maximum absolute atomic E-state index is 12.8. The van der Waals surface area contributed by atoms with Gasteiger partial charge < -0.3 is 21.9 Å². The second-order valence-corrected chi connectivity index (χ2v) is 7.37. The number of nitrogens with two attached hydrogens (primary N) is 2. The lowest BCUT2D eigenvalue weighted by molar-refractivity contribution is 0.0947. The van der Waals surface area contributed by atoms with E-state index >= 15 is 0 Å². The molecule has 0 fully saturated rings. The van der Waals surface area contributed by atoms with Gasteiger partial charge in [0, 0.05) is 16.3 Å². The number of rotatable bonds is 8. The summed E-state index contributed by atoms with van der Waals surface area (Å²) >= 11 is 5.91. The molecule has 0 aliphatic rings. The lowest BCUT2D eigenvalue weighted by atomic mass is 10.1. The van der Waals surface area contributed by atoms with Gasteiger partial charge in [0.05, 0.1) is 24.0 Å². The maximum Gasteiger partial charge on any atom is 0.293 e. The number of aromatic hydroxyl groups is 1. The molecule has 35 heavy (non-hydrogen) atoms. The average Bonchev–Trinajstić information content (AvgIpc) is 3.45. The van der Waals surface area contributed by atoms with Crippen LogP contribution >= 0.6 is 11.6 Å². The van der Waals surface area contributed by atoms with Crippen molar-refractivity contribution in [3.05, 3.63) is 70.0 Å². The van der Waals surface area contributed by atoms with E-state index in [1.807, 2.05) is 0 Å². The molecule has 0 aliphatic heterocycles. The lowest BCUT2D eigenvalue weighted by Crippen LogP contribution is -2.22. The Bertz CT molecular complexity index is 1430. The number of phenolic OH excluding ortho intramolecular Hbond substituents is 1. The zero-order chi connectivity index (χ0) is 24.9. The highest BCUT2D eigenvalue weighted by molar-refractivity contribution is 6.30. The Morgan fingerprint density at radius 1 is 1.23 bits per heavy atom. The monoisotopic (exact) mass is 496 g/mol. The Hall–Kier alpha value is -4.98. The smallest absolute Gasteiger partial charge is 0.293 e. The molecule has 2 amide bonds. The molecule has 0 saturated carbocycles. The molecule has 14 nitrogen and oxygen atoms in total. The third-order valence-electron chi connectivity index (χ3n) is 4.67. The van der Waals surface area contributed by atoms with Crippen LogP contribution in [0.25, 0.3) is 5.82 Å². The molecular formula is C20H17ClN10O4. The van der Waals surface area contributed by atoms with Gasteiger partial charge in [-0.3, -0.25) is 9.59 Å². The van der Waals surface area contributed by atoms with Crippen LogP contribution in [0.4, 0.5) is 11.5 Å². The van der Waals surface area contributed by atoms with Crippen LogP contribution < -0.4 is 22.2 Å². The van der Waals surface area contributed by atoms with Crippen molar-refractivity contribution in [3.63, 3.8) is 0 Å². The number of carbonyl (C=O) groups excluding carboxylic acids is 2. The number of halogens is 1. The predicted molar refractivity (Wildman–Crippen MR) is 124 cm³/mol. The molecule has 4 rings (SSSR count). The van der Waals surface area contributed by atoms with Crippen molar-refractivity contribution in [2.75, 3.05) is 11.1 Å². The van der Waals surface area contributed by atoms with Crippen LogP contribution in [0.3, 0.4) is 0 Å². The van der Waals surface area contributed by atoms with E-state index < -0.39 is 11.8 Å². The van der Waals surface area contributed by atoms with Crippen LogP contribution in [0.1, 0.15) is 32.1 Å². The van der Waals surface area contributed by atoms with E-state index in [4.69, 9.17) is 23.1 Å². The SMILES string of the molecule is NC(=O)c1ccccc1NCc1c(C(=O)NN=Cc2cc(Cl)ccc2O)nnn1-c1nonc1N. The summed E-state index contributed by atoms with van der Waals surface area (Å²) in [5, 5.41) is 32.1. The first-order valence-electron chi connectivity index (χ1n) is 9.82. The molecule has 0 atom stereocenters. The molecule has 0 bridgehead atoms. The molecular weight excluding hydrogens is 480 g/mol. The van der Waals surface area contributed by atoms with E-state index in [1.165, 1.54) is 24.4 Å². The van der Waals surface area contributed by atoms with E-state index in [1.54, 1.807) is 24.3 Å². The Morgan fingerprint density at radius 3 is 2.77 bits per heavy atom. The fraction of sp³-hybridized carbons (Fsp3) is 0.0500. The lowest BCUT2D eigenvalue weighted by Gasteiger charge is -2.11. The van der Waals surface area contributed by atoms with Gasteiger partial charge in [0.1, 0.15) is 5.75 Å². The van der Waals surface area contributed by atoms with Crippen molar-refractivity contribution < 1.29 is 19.3 Å². The number of primary amides is 1. The number of amides is 2. The van der Waals surface area contributed by atoms with Crippen LogP contribution in [-0.4, -0.2) is 48.4 Å². The third kappa shape index (κ3) is 5.01. The first-order valence-corrected chi connectivity index (χ1v) is 10.2. The highest BCUT2D eigenvalue weighted by Gasteiger charge is 2.24. The topological polar surface area (TPSA) is 212 Å². The largest absolute Gasteiger partial charge is 0.507 e. The van der Waals surface area contributed by atoms with Crippen molar-refractivity contribution in [3.8, 4) is 11.6 Å². The predicted octanol–water partition coefficient (Wildman–Crippen LogP) is 1.07. The highest BCUT2D eigenvalue weighted by Crippen LogP contribution is 2.21. The summed E-state index contributed by atoms with van der Waals surface area (Å²) < 4.78 is 5.78. The van der Waals surface area contributed by atoms with E-state index in [9.17, 15) is 14.7 Å². The summed E-state index contributed by atoms with van der Waals surface area (Å²) in [6, 6.07) is 10.9. The normalized spacial score (nSPS) is 11.0. The summed E-state index contributed by atoms with van der Waals surface area (Å²) in [6.07, 6.45) is 1.21. The summed E-state index contributed by atoms with van der Waals surface area (Å²) in [6.45, 7) is -0.0505. The van der Waals surface area contributed by atoms with Gasteiger partial charge in [-0.1, -0.05) is 28.9 Å². The van der Waals surface area contributed by atoms with Gasteiger partial charge in [0.25, 0.3) is 11.8 Å². The van der Waals surface area contributed by atoms with Crippen molar-refractivity contribution in [1.29, 1.82) is 0 Å². The second kappa shape index (κ2) is 9.88. The summed E-state index contributed by atoms with van der Waals surface area (Å²) in [7, 11) is 0. The Kier molecular flexibility index (Phi) is 6.55. The maximum atomic E-state index is 12.8. The molecule has 2 aromatic carbocycles.